The number of aryl methyl sites for hydroxylation is 1. The Hall–Kier alpha value is -2.75. The molecule has 6 nitrogen and oxygen atoms in total. The summed E-state index contributed by atoms with van der Waals surface area (Å²) in [5.41, 5.74) is 1.78. The molecule has 0 aliphatic carbocycles. The van der Waals surface area contributed by atoms with Crippen LogP contribution in [0.3, 0.4) is 0 Å². The van der Waals surface area contributed by atoms with Gasteiger partial charge in [0, 0.05) is 0 Å². The van der Waals surface area contributed by atoms with Gasteiger partial charge >= 0.3 is 6.18 Å². The van der Waals surface area contributed by atoms with E-state index in [4.69, 9.17) is 4.74 Å². The molecule has 2 aromatic rings. The Morgan fingerprint density at radius 1 is 1.09 bits per heavy atom. The highest BCUT2D eigenvalue weighted by atomic mass is 32.2. The highest BCUT2D eigenvalue weighted by Gasteiger charge is 2.31. The summed E-state index contributed by atoms with van der Waals surface area (Å²) in [5, 5.41) is 2.78. The number of sulfonamides is 1. The van der Waals surface area contributed by atoms with Gasteiger partial charge in [0.15, 0.2) is 0 Å². The van der Waals surface area contributed by atoms with Gasteiger partial charge < -0.3 is 10.1 Å². The molecule has 1 unspecified atom stereocenters. The van der Waals surface area contributed by atoms with E-state index in [2.05, 4.69) is 5.32 Å². The molecule has 182 valence electrons. The van der Waals surface area contributed by atoms with E-state index in [0.717, 1.165) is 57.3 Å². The lowest BCUT2D eigenvalue weighted by atomic mass is 9.93. The van der Waals surface area contributed by atoms with Crippen molar-refractivity contribution in [2.45, 2.75) is 45.8 Å². The Kier molecular flexibility index (Phi) is 8.05. The minimum Gasteiger partial charge on any atom is -0.496 e. The number of hydrogen-bond acceptors (Lipinski definition) is 4. The zero-order chi connectivity index (χ0) is 25.1. The fourth-order valence-corrected chi connectivity index (χ4v) is 4.38. The fourth-order valence-electron chi connectivity index (χ4n) is 3.52. The maximum atomic E-state index is 12.8. The van der Waals surface area contributed by atoms with Crippen molar-refractivity contribution >= 4 is 21.6 Å². The first-order valence-corrected chi connectivity index (χ1v) is 12.1. The second-order valence-electron chi connectivity index (χ2n) is 8.21. The number of carbonyl (C=O) groups is 1. The van der Waals surface area contributed by atoms with E-state index < -0.39 is 40.3 Å². The Morgan fingerprint density at radius 2 is 1.67 bits per heavy atom. The second kappa shape index (κ2) is 10.0. The topological polar surface area (TPSA) is 75.7 Å². The average molecular weight is 487 g/mol. The molecule has 0 radical (unpaired) electrons. The van der Waals surface area contributed by atoms with Crippen molar-refractivity contribution < 1.29 is 31.1 Å². The number of rotatable bonds is 8. The monoisotopic (exact) mass is 486 g/mol. The number of hydrogen-bond donors (Lipinski definition) is 1. The van der Waals surface area contributed by atoms with E-state index in [1.54, 1.807) is 14.0 Å². The number of carbonyl (C=O) groups excluding carboxylic acids is 1. The first kappa shape index (κ1) is 26.5. The number of anilines is 1. The number of nitrogens with zero attached hydrogens (tertiary/aromatic N) is 1. The molecule has 0 heterocycles. The third kappa shape index (κ3) is 6.63. The van der Waals surface area contributed by atoms with E-state index in [-0.39, 0.29) is 11.6 Å². The SMILES string of the molecule is COc1cc(C)c(C(C)NC(=O)CN(c2ccc(C(F)(F)F)cc2)S(C)(=O)=O)cc1C(C)C. The van der Waals surface area contributed by atoms with E-state index in [1.807, 2.05) is 32.9 Å². The lowest BCUT2D eigenvalue weighted by molar-refractivity contribution is -0.137. The van der Waals surface area contributed by atoms with Crippen molar-refractivity contribution in [3.8, 4) is 5.75 Å². The summed E-state index contributed by atoms with van der Waals surface area (Å²) in [7, 11) is -2.33. The molecule has 0 aliphatic rings. The summed E-state index contributed by atoms with van der Waals surface area (Å²) in [6, 6.07) is 7.03. The molecule has 0 aromatic heterocycles. The number of ether oxygens (including phenoxy) is 1. The first-order valence-electron chi connectivity index (χ1n) is 10.3. The molecule has 10 heteroatoms. The first-order chi connectivity index (χ1) is 15.1. The maximum Gasteiger partial charge on any atom is 0.416 e. The Balaban J connectivity index is 2.25. The number of halogens is 3. The van der Waals surface area contributed by atoms with Crippen LogP contribution < -0.4 is 14.4 Å². The second-order valence-corrected chi connectivity index (χ2v) is 10.1. The molecule has 33 heavy (non-hydrogen) atoms. The zero-order valence-corrected chi connectivity index (χ0v) is 20.3. The molecule has 0 saturated carbocycles. The maximum absolute atomic E-state index is 12.8. The van der Waals surface area contributed by atoms with Gasteiger partial charge in [-0.15, -0.1) is 0 Å². The molecular formula is C23H29F3N2O4S. The van der Waals surface area contributed by atoms with E-state index in [0.29, 0.717) is 0 Å². The molecule has 1 atom stereocenters. The van der Waals surface area contributed by atoms with E-state index in [9.17, 15) is 26.4 Å². The summed E-state index contributed by atoms with van der Waals surface area (Å²) in [5.74, 6) is 0.340. The van der Waals surface area contributed by atoms with E-state index >= 15 is 0 Å². The normalized spacial score (nSPS) is 13.0. The van der Waals surface area contributed by atoms with Crippen LogP contribution in [0.15, 0.2) is 36.4 Å². The van der Waals surface area contributed by atoms with Crippen molar-refractivity contribution in [1.82, 2.24) is 5.32 Å². The van der Waals surface area contributed by atoms with Crippen LogP contribution in [0.2, 0.25) is 0 Å². The molecule has 1 amide bonds. The van der Waals surface area contributed by atoms with Gasteiger partial charge in [-0.2, -0.15) is 13.2 Å². The van der Waals surface area contributed by atoms with Crippen molar-refractivity contribution in [1.29, 1.82) is 0 Å². The van der Waals surface area contributed by atoms with Gasteiger partial charge in [0.1, 0.15) is 12.3 Å². The van der Waals surface area contributed by atoms with Crippen LogP contribution >= 0.6 is 0 Å². The lowest BCUT2D eigenvalue weighted by Crippen LogP contribution is -2.41. The lowest BCUT2D eigenvalue weighted by Gasteiger charge is -2.25. The molecule has 0 aliphatic heterocycles. The molecule has 0 bridgehead atoms. The molecular weight excluding hydrogens is 457 g/mol. The number of alkyl halides is 3. The standard InChI is InChI=1S/C23H29F3N2O4S/c1-14(2)19-12-20(15(3)11-21(19)32-5)16(4)27-22(29)13-28(33(6,30)31)18-9-7-17(8-10-18)23(24,25)26/h7-12,14,16H,13H2,1-6H3,(H,27,29). The summed E-state index contributed by atoms with van der Waals surface area (Å²) in [4.78, 5) is 12.7. The highest BCUT2D eigenvalue weighted by Crippen LogP contribution is 2.33. The van der Waals surface area contributed by atoms with Crippen LogP contribution in [-0.4, -0.2) is 34.2 Å². The van der Waals surface area contributed by atoms with Gasteiger partial charge in [0.2, 0.25) is 15.9 Å². The quantitative estimate of drug-likeness (QED) is 0.582. The van der Waals surface area contributed by atoms with Crippen LogP contribution in [0.25, 0.3) is 0 Å². The Morgan fingerprint density at radius 3 is 2.12 bits per heavy atom. The highest BCUT2D eigenvalue weighted by molar-refractivity contribution is 7.92. The molecule has 0 fully saturated rings. The van der Waals surface area contributed by atoms with E-state index in [1.165, 1.54) is 0 Å². The predicted molar refractivity (Wildman–Crippen MR) is 122 cm³/mol. The predicted octanol–water partition coefficient (Wildman–Crippen LogP) is 4.79. The number of amides is 1. The number of benzene rings is 2. The Bertz CT molecular complexity index is 1100. The van der Waals surface area contributed by atoms with Crippen molar-refractivity contribution in [2.24, 2.45) is 0 Å². The Labute approximate surface area is 192 Å². The van der Waals surface area contributed by atoms with Crippen LogP contribution in [0, 0.1) is 6.92 Å². The van der Waals surface area contributed by atoms with Gasteiger partial charge in [-0.05, 0) is 72.9 Å². The van der Waals surface area contributed by atoms with Gasteiger partial charge in [-0.25, -0.2) is 8.42 Å². The molecule has 1 N–H and O–H groups in total. The van der Waals surface area contributed by atoms with Gasteiger partial charge in [0.05, 0.1) is 30.7 Å². The largest absolute Gasteiger partial charge is 0.496 e. The third-order valence-electron chi connectivity index (χ3n) is 5.25. The zero-order valence-electron chi connectivity index (χ0n) is 19.4. The summed E-state index contributed by atoms with van der Waals surface area (Å²) in [6.07, 6.45) is -3.66. The average Bonchev–Trinajstić information content (AvgIpc) is 2.70. The van der Waals surface area contributed by atoms with Gasteiger partial charge in [0.25, 0.3) is 0 Å². The van der Waals surface area contributed by atoms with Crippen LogP contribution in [0.1, 0.15) is 55.0 Å². The minimum absolute atomic E-state index is 0.0315. The molecule has 2 rings (SSSR count). The third-order valence-corrected chi connectivity index (χ3v) is 6.40. The van der Waals surface area contributed by atoms with Crippen molar-refractivity contribution in [3.63, 3.8) is 0 Å². The smallest absolute Gasteiger partial charge is 0.416 e. The van der Waals surface area contributed by atoms with Gasteiger partial charge in [-0.1, -0.05) is 13.8 Å². The molecule has 2 aromatic carbocycles. The van der Waals surface area contributed by atoms with Crippen molar-refractivity contribution in [2.75, 3.05) is 24.2 Å². The minimum atomic E-state index is -4.55. The molecule has 0 spiro atoms. The fraction of sp³-hybridized carbons (Fsp3) is 0.435. The number of nitrogens with one attached hydrogen (secondary N) is 1. The number of methoxy groups -OCH3 is 1. The van der Waals surface area contributed by atoms with Crippen LogP contribution in [0.4, 0.5) is 18.9 Å². The summed E-state index contributed by atoms with van der Waals surface area (Å²) in [6.45, 7) is 7.14. The van der Waals surface area contributed by atoms with Crippen LogP contribution in [-0.2, 0) is 21.0 Å². The molecule has 0 saturated heterocycles. The summed E-state index contributed by atoms with van der Waals surface area (Å²) >= 11 is 0. The summed E-state index contributed by atoms with van der Waals surface area (Å²) < 4.78 is 69.2. The van der Waals surface area contributed by atoms with Crippen molar-refractivity contribution in [3.05, 3.63) is 58.7 Å². The van der Waals surface area contributed by atoms with Crippen LogP contribution in [0.5, 0.6) is 5.75 Å². The van der Waals surface area contributed by atoms with Gasteiger partial charge in [-0.3, -0.25) is 9.10 Å².